The molecule has 0 aromatic heterocycles. The van der Waals surface area contributed by atoms with Crippen LogP contribution in [0.4, 0.5) is 17.1 Å². The molecule has 6 heteroatoms. The fourth-order valence-corrected chi connectivity index (χ4v) is 3.14. The number of hydrogen-bond donors (Lipinski definition) is 2. The molecule has 1 aliphatic heterocycles. The lowest BCUT2D eigenvalue weighted by Crippen LogP contribution is -2.29. The molecule has 3 rings (SSSR count). The lowest BCUT2D eigenvalue weighted by atomic mass is 10.0. The Kier molecular flexibility index (Phi) is 3.93. The van der Waals surface area contributed by atoms with Gasteiger partial charge in [0.1, 0.15) is 0 Å². The van der Waals surface area contributed by atoms with Gasteiger partial charge in [-0.2, -0.15) is 0 Å². The van der Waals surface area contributed by atoms with Crippen LogP contribution in [0.15, 0.2) is 42.5 Å². The van der Waals surface area contributed by atoms with Gasteiger partial charge in [0.2, 0.25) is 10.0 Å². The largest absolute Gasteiger partial charge is 0.381 e. The number of rotatable bonds is 3. The Balaban J connectivity index is 1.88. The van der Waals surface area contributed by atoms with Crippen LogP contribution >= 0.6 is 0 Å². The molecule has 0 spiro atoms. The summed E-state index contributed by atoms with van der Waals surface area (Å²) in [6, 6.07) is 14.2. The van der Waals surface area contributed by atoms with E-state index in [2.05, 4.69) is 35.8 Å². The molecule has 0 amide bonds. The van der Waals surface area contributed by atoms with Gasteiger partial charge in [0.05, 0.1) is 23.3 Å². The van der Waals surface area contributed by atoms with Gasteiger partial charge in [0.15, 0.2) is 0 Å². The van der Waals surface area contributed by atoms with Crippen LogP contribution in [0.2, 0.25) is 0 Å². The predicted octanol–water partition coefficient (Wildman–Crippen LogP) is 2.98. The van der Waals surface area contributed by atoms with E-state index in [4.69, 9.17) is 0 Å². The maximum Gasteiger partial charge on any atom is 0.231 e. The highest BCUT2D eigenvalue weighted by molar-refractivity contribution is 7.92. The fraction of sp³-hybridized carbons (Fsp3) is 0.294. The summed E-state index contributed by atoms with van der Waals surface area (Å²) in [5.41, 5.74) is 5.02. The van der Waals surface area contributed by atoms with Crippen molar-refractivity contribution in [1.82, 2.24) is 0 Å². The molecule has 1 atom stereocenters. The summed E-state index contributed by atoms with van der Waals surface area (Å²) in [4.78, 5) is 0. The molecule has 2 N–H and O–H groups in total. The number of hydrogen-bond acceptors (Lipinski definition) is 4. The van der Waals surface area contributed by atoms with Crippen molar-refractivity contribution in [1.29, 1.82) is 0 Å². The summed E-state index contributed by atoms with van der Waals surface area (Å²) in [7, 11) is -1.68. The molecular formula is C17H21N3O2S. The second-order valence-corrected chi connectivity index (χ2v) is 7.98. The van der Waals surface area contributed by atoms with Crippen molar-refractivity contribution in [3.63, 3.8) is 0 Å². The quantitative estimate of drug-likeness (QED) is 0.908. The average Bonchev–Trinajstić information content (AvgIpc) is 2.53. The zero-order chi connectivity index (χ0) is 16.6. The lowest BCUT2D eigenvalue weighted by molar-refractivity contribution is 0.600. The van der Waals surface area contributed by atoms with E-state index in [0.29, 0.717) is 11.7 Å². The molecule has 2 aromatic rings. The van der Waals surface area contributed by atoms with Gasteiger partial charge in [-0.15, -0.1) is 0 Å². The molecule has 0 aliphatic carbocycles. The van der Waals surface area contributed by atoms with Crippen LogP contribution in [-0.2, 0) is 10.0 Å². The van der Waals surface area contributed by atoms with E-state index in [-0.39, 0.29) is 0 Å². The van der Waals surface area contributed by atoms with Gasteiger partial charge >= 0.3 is 0 Å². The van der Waals surface area contributed by atoms with Crippen LogP contribution in [0.3, 0.4) is 0 Å². The van der Waals surface area contributed by atoms with Gasteiger partial charge in [-0.05, 0) is 42.3 Å². The Hall–Kier alpha value is -2.21. The molecule has 23 heavy (non-hydrogen) atoms. The average molecular weight is 331 g/mol. The smallest absolute Gasteiger partial charge is 0.231 e. The SMILES string of the molecule is CC1CNc2cc(-c3ccc(N(C)S(C)(=O)=O)cc3)ccc2N1. The standard InChI is InChI=1S/C17H21N3O2S/c1-12-11-18-17-10-14(6-9-16(17)19-12)13-4-7-15(8-5-13)20(2)23(3,21)22/h4-10,12,18-19H,11H2,1-3H3. The Labute approximate surface area is 137 Å². The Morgan fingerprint density at radius 1 is 1.04 bits per heavy atom. The van der Waals surface area contributed by atoms with Crippen LogP contribution in [0.25, 0.3) is 11.1 Å². The topological polar surface area (TPSA) is 61.4 Å². The second kappa shape index (κ2) is 5.77. The minimum atomic E-state index is -3.24. The molecule has 1 unspecified atom stereocenters. The Morgan fingerprint density at radius 3 is 2.35 bits per heavy atom. The first-order valence-electron chi connectivity index (χ1n) is 7.53. The van der Waals surface area contributed by atoms with Crippen molar-refractivity contribution in [3.8, 4) is 11.1 Å². The summed E-state index contributed by atoms with van der Waals surface area (Å²) in [6.45, 7) is 3.04. The first-order chi connectivity index (χ1) is 10.8. The number of fused-ring (bicyclic) bond motifs is 1. The van der Waals surface area contributed by atoms with Gasteiger partial charge in [-0.25, -0.2) is 8.42 Å². The van der Waals surface area contributed by atoms with E-state index in [1.165, 1.54) is 10.6 Å². The van der Waals surface area contributed by atoms with Crippen molar-refractivity contribution in [3.05, 3.63) is 42.5 Å². The van der Waals surface area contributed by atoms with E-state index < -0.39 is 10.0 Å². The molecule has 1 heterocycles. The van der Waals surface area contributed by atoms with E-state index in [9.17, 15) is 8.42 Å². The summed E-state index contributed by atoms with van der Waals surface area (Å²) in [6.07, 6.45) is 1.20. The number of nitrogens with zero attached hydrogens (tertiary/aromatic N) is 1. The number of sulfonamides is 1. The number of anilines is 3. The monoisotopic (exact) mass is 331 g/mol. The third kappa shape index (κ3) is 3.27. The van der Waals surface area contributed by atoms with Crippen molar-refractivity contribution in [2.75, 3.05) is 34.8 Å². The van der Waals surface area contributed by atoms with Crippen LogP contribution in [0.1, 0.15) is 6.92 Å². The van der Waals surface area contributed by atoms with Crippen molar-refractivity contribution >= 4 is 27.1 Å². The van der Waals surface area contributed by atoms with Crippen molar-refractivity contribution in [2.45, 2.75) is 13.0 Å². The van der Waals surface area contributed by atoms with Gasteiger partial charge in [-0.1, -0.05) is 18.2 Å². The molecule has 122 valence electrons. The number of benzene rings is 2. The zero-order valence-corrected chi connectivity index (χ0v) is 14.3. The summed E-state index contributed by atoms with van der Waals surface area (Å²) >= 11 is 0. The molecular weight excluding hydrogens is 310 g/mol. The molecule has 0 bridgehead atoms. The molecule has 0 fully saturated rings. The van der Waals surface area contributed by atoms with Crippen molar-refractivity contribution < 1.29 is 8.42 Å². The molecule has 2 aromatic carbocycles. The summed E-state index contributed by atoms with van der Waals surface area (Å²) in [5.74, 6) is 0. The lowest BCUT2D eigenvalue weighted by Gasteiger charge is -2.26. The predicted molar refractivity (Wildman–Crippen MR) is 96.7 cm³/mol. The maximum atomic E-state index is 11.6. The molecule has 0 saturated carbocycles. The first kappa shape index (κ1) is 15.7. The fourth-order valence-electron chi connectivity index (χ4n) is 2.63. The normalized spacial score (nSPS) is 16.9. The van der Waals surface area contributed by atoms with Gasteiger partial charge in [0.25, 0.3) is 0 Å². The Morgan fingerprint density at radius 2 is 1.70 bits per heavy atom. The van der Waals surface area contributed by atoms with Crippen LogP contribution in [0, 0.1) is 0 Å². The summed E-state index contributed by atoms with van der Waals surface area (Å²) in [5, 5.41) is 6.87. The van der Waals surface area contributed by atoms with Crippen LogP contribution in [0.5, 0.6) is 0 Å². The van der Waals surface area contributed by atoms with Crippen LogP contribution < -0.4 is 14.9 Å². The molecule has 0 radical (unpaired) electrons. The van der Waals surface area contributed by atoms with Crippen LogP contribution in [-0.4, -0.2) is 34.3 Å². The van der Waals surface area contributed by atoms with E-state index in [1.807, 2.05) is 24.3 Å². The van der Waals surface area contributed by atoms with E-state index >= 15 is 0 Å². The second-order valence-electron chi connectivity index (χ2n) is 5.96. The number of nitrogens with one attached hydrogen (secondary N) is 2. The van der Waals surface area contributed by atoms with Gasteiger partial charge in [-0.3, -0.25) is 4.31 Å². The van der Waals surface area contributed by atoms with Gasteiger partial charge < -0.3 is 10.6 Å². The minimum Gasteiger partial charge on any atom is -0.381 e. The van der Waals surface area contributed by atoms with E-state index in [1.54, 1.807) is 7.05 Å². The Bertz CT molecular complexity index is 816. The van der Waals surface area contributed by atoms with E-state index in [0.717, 1.165) is 29.0 Å². The molecule has 0 saturated heterocycles. The first-order valence-corrected chi connectivity index (χ1v) is 9.38. The highest BCUT2D eigenvalue weighted by Crippen LogP contribution is 2.32. The third-order valence-corrected chi connectivity index (χ3v) is 5.29. The third-order valence-electron chi connectivity index (χ3n) is 4.08. The molecule has 5 nitrogen and oxygen atoms in total. The summed E-state index contributed by atoms with van der Waals surface area (Å²) < 4.78 is 24.4. The van der Waals surface area contributed by atoms with Crippen molar-refractivity contribution in [2.24, 2.45) is 0 Å². The molecule has 1 aliphatic rings. The zero-order valence-electron chi connectivity index (χ0n) is 13.5. The highest BCUT2D eigenvalue weighted by Gasteiger charge is 2.14. The highest BCUT2D eigenvalue weighted by atomic mass is 32.2. The maximum absolute atomic E-state index is 11.6. The van der Waals surface area contributed by atoms with Gasteiger partial charge in [0, 0.05) is 19.6 Å². The minimum absolute atomic E-state index is 0.416.